The SMILES string of the molecule is CN(C)S(=O)(=O)c1ccc(NC=C(C#N)C#N)c(O)c1. The molecule has 1 aromatic rings. The van der Waals surface area contributed by atoms with E-state index in [1.165, 1.54) is 26.2 Å². The van der Waals surface area contributed by atoms with Gasteiger partial charge in [-0.25, -0.2) is 12.7 Å². The summed E-state index contributed by atoms with van der Waals surface area (Å²) < 4.78 is 24.7. The highest BCUT2D eigenvalue weighted by atomic mass is 32.2. The largest absolute Gasteiger partial charge is 0.506 e. The summed E-state index contributed by atoms with van der Waals surface area (Å²) in [5, 5.41) is 29.4. The number of nitriles is 2. The summed E-state index contributed by atoms with van der Waals surface area (Å²) in [7, 11) is -0.867. The molecular formula is C12H12N4O3S. The van der Waals surface area contributed by atoms with Gasteiger partial charge in [0.05, 0.1) is 10.6 Å². The molecule has 20 heavy (non-hydrogen) atoms. The first kappa shape index (κ1) is 15.5. The van der Waals surface area contributed by atoms with Crippen LogP contribution in [0.2, 0.25) is 0 Å². The molecule has 104 valence electrons. The standard InChI is InChI=1S/C12H12N4O3S/c1-16(2)20(18,19)10-3-4-11(12(17)5-10)15-8-9(6-13)7-14/h3-5,8,15,17H,1-2H3. The highest BCUT2D eigenvalue weighted by molar-refractivity contribution is 7.89. The molecule has 0 saturated carbocycles. The van der Waals surface area contributed by atoms with Crippen molar-refractivity contribution in [2.24, 2.45) is 0 Å². The van der Waals surface area contributed by atoms with Crippen molar-refractivity contribution in [1.29, 1.82) is 10.5 Å². The fourth-order valence-electron chi connectivity index (χ4n) is 1.24. The molecule has 2 N–H and O–H groups in total. The van der Waals surface area contributed by atoms with Crippen molar-refractivity contribution in [2.75, 3.05) is 19.4 Å². The minimum Gasteiger partial charge on any atom is -0.506 e. The molecule has 0 bridgehead atoms. The van der Waals surface area contributed by atoms with Crippen LogP contribution < -0.4 is 5.32 Å². The number of phenolic OH excluding ortho intramolecular Hbond substituents is 1. The van der Waals surface area contributed by atoms with Gasteiger partial charge in [0.15, 0.2) is 0 Å². The molecular weight excluding hydrogens is 280 g/mol. The minimum absolute atomic E-state index is 0.0599. The summed E-state index contributed by atoms with van der Waals surface area (Å²) in [5.41, 5.74) is 0.0140. The number of hydrogen-bond acceptors (Lipinski definition) is 6. The van der Waals surface area contributed by atoms with E-state index < -0.39 is 10.0 Å². The Hall–Kier alpha value is -2.55. The van der Waals surface area contributed by atoms with E-state index in [2.05, 4.69) is 5.32 Å². The molecule has 1 rings (SSSR count). The fraction of sp³-hybridized carbons (Fsp3) is 0.167. The van der Waals surface area contributed by atoms with Crippen LogP contribution in [0.5, 0.6) is 5.75 Å². The zero-order valence-corrected chi connectivity index (χ0v) is 11.6. The van der Waals surface area contributed by atoms with E-state index in [4.69, 9.17) is 10.5 Å². The van der Waals surface area contributed by atoms with Gasteiger partial charge >= 0.3 is 0 Å². The molecule has 0 atom stereocenters. The first-order chi connectivity index (χ1) is 9.32. The normalized spacial score (nSPS) is 10.4. The second-order valence-corrected chi connectivity index (χ2v) is 6.04. The number of phenols is 1. The Labute approximate surface area is 117 Å². The van der Waals surface area contributed by atoms with Gasteiger partial charge in [0.25, 0.3) is 0 Å². The Morgan fingerprint density at radius 2 is 1.95 bits per heavy atom. The molecule has 0 unspecified atom stereocenters. The lowest BCUT2D eigenvalue weighted by molar-refractivity contribution is 0.474. The number of anilines is 1. The molecule has 0 saturated heterocycles. The molecule has 0 radical (unpaired) electrons. The molecule has 0 aliphatic rings. The second-order valence-electron chi connectivity index (χ2n) is 3.89. The third kappa shape index (κ3) is 3.26. The number of rotatable bonds is 4. The van der Waals surface area contributed by atoms with Gasteiger partial charge in [0, 0.05) is 26.4 Å². The van der Waals surface area contributed by atoms with E-state index in [0.29, 0.717) is 0 Å². The molecule has 0 amide bonds. The van der Waals surface area contributed by atoms with Gasteiger partial charge in [-0.05, 0) is 12.1 Å². The maximum Gasteiger partial charge on any atom is 0.242 e. The number of nitrogens with one attached hydrogen (secondary N) is 1. The van der Waals surface area contributed by atoms with Crippen LogP contribution in [-0.4, -0.2) is 31.9 Å². The van der Waals surface area contributed by atoms with Gasteiger partial charge in [-0.3, -0.25) is 0 Å². The number of benzene rings is 1. The molecule has 0 spiro atoms. The maximum absolute atomic E-state index is 11.9. The molecule has 0 aliphatic carbocycles. The average molecular weight is 292 g/mol. The van der Waals surface area contributed by atoms with Gasteiger partial charge in [0.2, 0.25) is 10.0 Å². The maximum atomic E-state index is 11.9. The summed E-state index contributed by atoms with van der Waals surface area (Å²) >= 11 is 0. The predicted molar refractivity (Wildman–Crippen MR) is 71.9 cm³/mol. The molecule has 0 aliphatic heterocycles. The Kier molecular flexibility index (Phi) is 4.70. The van der Waals surface area contributed by atoms with Crippen molar-refractivity contribution in [3.05, 3.63) is 30.0 Å². The van der Waals surface area contributed by atoms with Crippen LogP contribution in [0.3, 0.4) is 0 Å². The number of hydrogen-bond donors (Lipinski definition) is 2. The van der Waals surface area contributed by atoms with Gasteiger partial charge < -0.3 is 10.4 Å². The Balaban J connectivity index is 3.11. The summed E-state index contributed by atoms with van der Waals surface area (Å²) in [6.45, 7) is 0. The van der Waals surface area contributed by atoms with Crippen LogP contribution >= 0.6 is 0 Å². The van der Waals surface area contributed by atoms with Gasteiger partial charge in [-0.15, -0.1) is 0 Å². The van der Waals surface area contributed by atoms with Gasteiger partial charge in [0.1, 0.15) is 23.5 Å². The summed E-state index contributed by atoms with van der Waals surface area (Å²) in [4.78, 5) is -0.0599. The van der Waals surface area contributed by atoms with Crippen LogP contribution in [0.1, 0.15) is 0 Å². The van der Waals surface area contributed by atoms with Gasteiger partial charge in [-0.2, -0.15) is 10.5 Å². The highest BCUT2D eigenvalue weighted by Gasteiger charge is 2.18. The van der Waals surface area contributed by atoms with Crippen molar-refractivity contribution in [3.63, 3.8) is 0 Å². The second kappa shape index (κ2) is 6.06. The van der Waals surface area contributed by atoms with E-state index in [-0.39, 0.29) is 21.9 Å². The third-order valence-electron chi connectivity index (χ3n) is 2.36. The smallest absolute Gasteiger partial charge is 0.242 e. The Bertz CT molecular complexity index is 708. The van der Waals surface area contributed by atoms with Crippen LogP contribution in [0.15, 0.2) is 34.9 Å². The molecule has 8 heteroatoms. The van der Waals surface area contributed by atoms with Crippen LogP contribution in [0.25, 0.3) is 0 Å². The molecule has 0 aromatic heterocycles. The first-order valence-electron chi connectivity index (χ1n) is 5.35. The zero-order valence-electron chi connectivity index (χ0n) is 10.8. The van der Waals surface area contributed by atoms with Crippen molar-refractivity contribution < 1.29 is 13.5 Å². The number of nitrogens with zero attached hydrogens (tertiary/aromatic N) is 3. The van der Waals surface area contributed by atoms with Crippen LogP contribution in [0, 0.1) is 22.7 Å². The summed E-state index contributed by atoms with van der Waals surface area (Å²) in [6, 6.07) is 7.03. The number of allylic oxidation sites excluding steroid dienone is 1. The number of sulfonamides is 1. The minimum atomic E-state index is -3.63. The van der Waals surface area contributed by atoms with E-state index in [0.717, 1.165) is 16.6 Å². The number of aromatic hydroxyl groups is 1. The monoisotopic (exact) mass is 292 g/mol. The van der Waals surface area contributed by atoms with Crippen molar-refractivity contribution in [1.82, 2.24) is 4.31 Å². The lowest BCUT2D eigenvalue weighted by atomic mass is 10.3. The first-order valence-corrected chi connectivity index (χ1v) is 6.79. The van der Waals surface area contributed by atoms with Crippen LogP contribution in [0.4, 0.5) is 5.69 Å². The van der Waals surface area contributed by atoms with Crippen LogP contribution in [-0.2, 0) is 10.0 Å². The fourth-order valence-corrected chi connectivity index (χ4v) is 2.17. The average Bonchev–Trinajstić information content (AvgIpc) is 2.41. The lowest BCUT2D eigenvalue weighted by Gasteiger charge is -2.12. The molecule has 0 heterocycles. The highest BCUT2D eigenvalue weighted by Crippen LogP contribution is 2.27. The summed E-state index contributed by atoms with van der Waals surface area (Å²) in [6.07, 6.45) is 1.12. The third-order valence-corrected chi connectivity index (χ3v) is 4.17. The zero-order chi connectivity index (χ0) is 15.3. The Morgan fingerprint density at radius 1 is 1.35 bits per heavy atom. The molecule has 7 nitrogen and oxygen atoms in total. The quantitative estimate of drug-likeness (QED) is 0.631. The van der Waals surface area contributed by atoms with E-state index >= 15 is 0 Å². The van der Waals surface area contributed by atoms with E-state index in [1.807, 2.05) is 0 Å². The van der Waals surface area contributed by atoms with Crippen molar-refractivity contribution in [3.8, 4) is 17.9 Å². The summed E-state index contributed by atoms with van der Waals surface area (Å²) in [5.74, 6) is -0.306. The molecule has 0 fully saturated rings. The molecule has 1 aromatic carbocycles. The Morgan fingerprint density at radius 3 is 2.40 bits per heavy atom. The van der Waals surface area contributed by atoms with Crippen molar-refractivity contribution in [2.45, 2.75) is 4.90 Å². The predicted octanol–water partition coefficient (Wildman–Crippen LogP) is 0.985. The van der Waals surface area contributed by atoms with Crippen molar-refractivity contribution >= 4 is 15.7 Å². The lowest BCUT2D eigenvalue weighted by Crippen LogP contribution is -2.22. The van der Waals surface area contributed by atoms with E-state index in [1.54, 1.807) is 12.1 Å². The van der Waals surface area contributed by atoms with E-state index in [9.17, 15) is 13.5 Å². The topological polar surface area (TPSA) is 117 Å². The van der Waals surface area contributed by atoms with Gasteiger partial charge in [-0.1, -0.05) is 0 Å².